The van der Waals surface area contributed by atoms with E-state index in [2.05, 4.69) is 19.7 Å². The molecule has 28 heavy (non-hydrogen) atoms. The van der Waals surface area contributed by atoms with Gasteiger partial charge in [-0.05, 0) is 40.6 Å². The highest BCUT2D eigenvalue weighted by molar-refractivity contribution is 7.93. The molecule has 2 heterocycles. The van der Waals surface area contributed by atoms with Crippen LogP contribution in [0.2, 0.25) is 0 Å². The minimum atomic E-state index is -4.04. The summed E-state index contributed by atoms with van der Waals surface area (Å²) in [4.78, 5) is -0.122. The molecule has 0 spiro atoms. The van der Waals surface area contributed by atoms with E-state index in [0.29, 0.717) is 18.7 Å². The zero-order valence-corrected chi connectivity index (χ0v) is 16.1. The maximum atomic E-state index is 12.8. The fraction of sp³-hybridized carbons (Fsp3) is 0.250. The van der Waals surface area contributed by atoms with Crippen LogP contribution < -0.4 is 4.72 Å². The van der Waals surface area contributed by atoms with Gasteiger partial charge in [0.15, 0.2) is 5.52 Å². The Morgan fingerprint density at radius 3 is 2.50 bits per heavy atom. The number of sulfonamides is 2. The van der Waals surface area contributed by atoms with E-state index in [9.17, 15) is 16.8 Å². The predicted molar refractivity (Wildman–Crippen MR) is 98.6 cm³/mol. The second-order valence-electron chi connectivity index (χ2n) is 6.04. The molecule has 2 aromatic carbocycles. The van der Waals surface area contributed by atoms with Crippen molar-refractivity contribution in [2.45, 2.75) is 9.79 Å². The second-order valence-corrected chi connectivity index (χ2v) is 9.63. The molecule has 12 heteroatoms. The van der Waals surface area contributed by atoms with Gasteiger partial charge >= 0.3 is 0 Å². The number of anilines is 1. The largest absolute Gasteiger partial charge is 0.379 e. The van der Waals surface area contributed by atoms with Crippen molar-refractivity contribution >= 4 is 36.8 Å². The van der Waals surface area contributed by atoms with E-state index in [1.165, 1.54) is 40.7 Å². The number of benzene rings is 2. The first-order valence-electron chi connectivity index (χ1n) is 8.30. The van der Waals surface area contributed by atoms with Crippen LogP contribution in [-0.4, -0.2) is 57.8 Å². The third kappa shape index (κ3) is 3.46. The third-order valence-electron chi connectivity index (χ3n) is 4.23. The summed E-state index contributed by atoms with van der Waals surface area (Å²) in [5, 5.41) is 7.25. The standard InChI is InChI=1S/C16H16N4O6S2/c21-27(22,15-6-2-5-14-16(15)18-26-17-14)19-12-3-1-4-13(11-12)28(23,24)20-7-9-25-10-8-20/h1-6,11,19H,7-10H2. The zero-order chi connectivity index (χ0) is 19.8. The van der Waals surface area contributed by atoms with Crippen LogP contribution in [0.4, 0.5) is 5.69 Å². The Morgan fingerprint density at radius 1 is 0.964 bits per heavy atom. The van der Waals surface area contributed by atoms with Gasteiger partial charge in [0.2, 0.25) is 10.0 Å². The molecule has 1 fully saturated rings. The van der Waals surface area contributed by atoms with Gasteiger partial charge in [0, 0.05) is 13.1 Å². The lowest BCUT2D eigenvalue weighted by atomic mass is 10.3. The number of morpholine rings is 1. The summed E-state index contributed by atoms with van der Waals surface area (Å²) in [6.45, 7) is 1.14. The molecule has 4 rings (SSSR count). The first-order chi connectivity index (χ1) is 13.4. The Kier molecular flexibility index (Phi) is 4.79. The molecular weight excluding hydrogens is 408 g/mol. The lowest BCUT2D eigenvalue weighted by molar-refractivity contribution is 0.0730. The quantitative estimate of drug-likeness (QED) is 0.643. The number of hydrogen-bond donors (Lipinski definition) is 1. The average molecular weight is 424 g/mol. The minimum absolute atomic E-state index is 0.00379. The Balaban J connectivity index is 1.66. The molecule has 1 saturated heterocycles. The van der Waals surface area contributed by atoms with Crippen LogP contribution >= 0.6 is 0 Å². The van der Waals surface area contributed by atoms with Gasteiger partial charge in [-0.25, -0.2) is 21.5 Å². The maximum absolute atomic E-state index is 12.8. The van der Waals surface area contributed by atoms with E-state index < -0.39 is 20.0 Å². The summed E-state index contributed by atoms with van der Waals surface area (Å²) in [5.41, 5.74) is 0.501. The molecule has 0 bridgehead atoms. The van der Waals surface area contributed by atoms with E-state index in [1.807, 2.05) is 0 Å². The number of fused-ring (bicyclic) bond motifs is 1. The molecular formula is C16H16N4O6S2. The molecule has 0 aliphatic carbocycles. The van der Waals surface area contributed by atoms with Crippen molar-refractivity contribution in [2.24, 2.45) is 0 Å². The van der Waals surface area contributed by atoms with Crippen LogP contribution in [0.1, 0.15) is 0 Å². The molecule has 0 saturated carbocycles. The summed E-state index contributed by atoms with van der Waals surface area (Å²) in [7, 11) is -7.79. The van der Waals surface area contributed by atoms with E-state index >= 15 is 0 Å². The molecule has 0 radical (unpaired) electrons. The zero-order valence-electron chi connectivity index (χ0n) is 14.5. The molecule has 0 amide bonds. The Bertz CT molecular complexity index is 1220. The number of ether oxygens (including phenoxy) is 1. The monoisotopic (exact) mass is 424 g/mol. The predicted octanol–water partition coefficient (Wildman–Crippen LogP) is 1.04. The second kappa shape index (κ2) is 7.13. The molecule has 0 atom stereocenters. The lowest BCUT2D eigenvalue weighted by Crippen LogP contribution is -2.40. The van der Waals surface area contributed by atoms with Crippen LogP contribution in [0.25, 0.3) is 11.0 Å². The molecule has 0 unspecified atom stereocenters. The fourth-order valence-electron chi connectivity index (χ4n) is 2.86. The average Bonchev–Trinajstić information content (AvgIpc) is 3.17. The highest BCUT2D eigenvalue weighted by Gasteiger charge is 2.27. The van der Waals surface area contributed by atoms with Crippen molar-refractivity contribution < 1.29 is 26.2 Å². The van der Waals surface area contributed by atoms with Gasteiger partial charge in [0.1, 0.15) is 10.4 Å². The number of nitrogens with zero attached hydrogens (tertiary/aromatic N) is 3. The van der Waals surface area contributed by atoms with Gasteiger partial charge < -0.3 is 4.74 Å². The van der Waals surface area contributed by atoms with Crippen molar-refractivity contribution in [3.63, 3.8) is 0 Å². The molecule has 3 aromatic rings. The summed E-state index contributed by atoms with van der Waals surface area (Å²) in [6, 6.07) is 10.1. The number of aromatic nitrogens is 2. The summed E-state index contributed by atoms with van der Waals surface area (Å²) in [5.74, 6) is 0. The van der Waals surface area contributed by atoms with Crippen LogP contribution in [0.15, 0.2) is 56.9 Å². The number of nitrogens with one attached hydrogen (secondary N) is 1. The maximum Gasteiger partial charge on any atom is 0.264 e. The van der Waals surface area contributed by atoms with Crippen LogP contribution in [-0.2, 0) is 24.8 Å². The van der Waals surface area contributed by atoms with E-state index in [0.717, 1.165) is 0 Å². The summed E-state index contributed by atoms with van der Waals surface area (Å²) < 4.78 is 64.6. The van der Waals surface area contributed by atoms with Crippen molar-refractivity contribution in [3.8, 4) is 0 Å². The van der Waals surface area contributed by atoms with Crippen molar-refractivity contribution in [2.75, 3.05) is 31.0 Å². The highest BCUT2D eigenvalue weighted by Crippen LogP contribution is 2.25. The van der Waals surface area contributed by atoms with Crippen LogP contribution in [0.3, 0.4) is 0 Å². The van der Waals surface area contributed by atoms with Crippen molar-refractivity contribution in [3.05, 3.63) is 42.5 Å². The molecule has 10 nitrogen and oxygen atoms in total. The smallest absolute Gasteiger partial charge is 0.264 e. The van der Waals surface area contributed by atoms with E-state index in [4.69, 9.17) is 4.74 Å². The lowest BCUT2D eigenvalue weighted by Gasteiger charge is -2.26. The molecule has 1 aliphatic heterocycles. The molecule has 1 aromatic heterocycles. The number of hydrogen-bond acceptors (Lipinski definition) is 8. The molecule has 1 N–H and O–H groups in total. The topological polar surface area (TPSA) is 132 Å². The van der Waals surface area contributed by atoms with Crippen LogP contribution in [0.5, 0.6) is 0 Å². The third-order valence-corrected chi connectivity index (χ3v) is 7.54. The van der Waals surface area contributed by atoms with Gasteiger partial charge in [-0.1, -0.05) is 12.1 Å². The van der Waals surface area contributed by atoms with E-state index in [1.54, 1.807) is 6.07 Å². The Hall–Kier alpha value is -2.54. The summed E-state index contributed by atoms with van der Waals surface area (Å²) in [6.07, 6.45) is 0. The minimum Gasteiger partial charge on any atom is -0.379 e. The molecule has 148 valence electrons. The Labute approximate surface area is 161 Å². The SMILES string of the molecule is O=S(=O)(Nc1cccc(S(=O)(=O)N2CCOCC2)c1)c1cccc2nonc12. The highest BCUT2D eigenvalue weighted by atomic mass is 32.2. The fourth-order valence-corrected chi connectivity index (χ4v) is 5.52. The first-order valence-corrected chi connectivity index (χ1v) is 11.2. The Morgan fingerprint density at radius 2 is 1.71 bits per heavy atom. The first kappa shape index (κ1) is 18.8. The van der Waals surface area contributed by atoms with Crippen molar-refractivity contribution in [1.82, 2.24) is 14.6 Å². The van der Waals surface area contributed by atoms with Crippen LogP contribution in [0, 0.1) is 0 Å². The number of rotatable bonds is 5. The van der Waals surface area contributed by atoms with Gasteiger partial charge in [-0.15, -0.1) is 0 Å². The summed E-state index contributed by atoms with van der Waals surface area (Å²) >= 11 is 0. The van der Waals surface area contributed by atoms with Gasteiger partial charge in [0.05, 0.1) is 23.8 Å². The van der Waals surface area contributed by atoms with Crippen molar-refractivity contribution in [1.29, 1.82) is 0 Å². The molecule has 1 aliphatic rings. The van der Waals surface area contributed by atoms with Gasteiger partial charge in [-0.3, -0.25) is 4.72 Å². The van der Waals surface area contributed by atoms with E-state index in [-0.39, 0.29) is 34.1 Å². The van der Waals surface area contributed by atoms with Gasteiger partial charge in [-0.2, -0.15) is 4.31 Å². The van der Waals surface area contributed by atoms with Gasteiger partial charge in [0.25, 0.3) is 10.0 Å². The normalized spacial score (nSPS) is 16.3.